The van der Waals surface area contributed by atoms with Crippen LogP contribution in [0, 0.1) is 13.8 Å². The Labute approximate surface area is 120 Å². The minimum atomic E-state index is -1.19. The molecular weight excluding hydrogens is 282 g/mol. The van der Waals surface area contributed by atoms with E-state index >= 15 is 0 Å². The lowest BCUT2D eigenvalue weighted by Gasteiger charge is -2.08. The fourth-order valence-corrected chi connectivity index (χ4v) is 3.65. The first kappa shape index (κ1) is 14.1. The molecule has 0 bridgehead atoms. The monoisotopic (exact) mass is 297 g/mol. The van der Waals surface area contributed by atoms with Crippen molar-refractivity contribution < 1.29 is 4.21 Å². The second-order valence-electron chi connectivity index (χ2n) is 4.43. The van der Waals surface area contributed by atoms with Crippen LogP contribution in [-0.2, 0) is 23.6 Å². The summed E-state index contributed by atoms with van der Waals surface area (Å²) in [5, 5.41) is 4.80. The third-order valence-electron chi connectivity index (χ3n) is 3.10. The van der Waals surface area contributed by atoms with Crippen LogP contribution in [0.25, 0.3) is 0 Å². The first-order chi connectivity index (χ1) is 8.91. The van der Waals surface area contributed by atoms with Gasteiger partial charge in [0, 0.05) is 17.6 Å². The smallest absolute Gasteiger partial charge is 0.0856 e. The van der Waals surface area contributed by atoms with Crippen LogP contribution in [0.2, 0.25) is 5.02 Å². The Hall–Kier alpha value is -1.33. The largest absolute Gasteiger partial charge is 0.398 e. The molecule has 102 valence electrons. The van der Waals surface area contributed by atoms with Gasteiger partial charge in [-0.15, -0.1) is 0 Å². The number of rotatable bonds is 3. The van der Waals surface area contributed by atoms with Crippen molar-refractivity contribution in [3.63, 3.8) is 0 Å². The van der Waals surface area contributed by atoms with E-state index < -0.39 is 10.8 Å². The lowest BCUT2D eigenvalue weighted by molar-refractivity contribution is 0.675. The summed E-state index contributed by atoms with van der Waals surface area (Å²) in [5.74, 6) is 0.334. The SMILES string of the molecule is Cc1nn(C)c(CS(=O)c2cccc(N)c2C)c1Cl. The number of aromatic nitrogens is 2. The molecule has 0 saturated heterocycles. The molecule has 6 heteroatoms. The molecule has 4 nitrogen and oxygen atoms in total. The molecule has 1 aromatic carbocycles. The summed E-state index contributed by atoms with van der Waals surface area (Å²) in [6, 6.07) is 5.45. The van der Waals surface area contributed by atoms with Gasteiger partial charge in [-0.3, -0.25) is 8.89 Å². The van der Waals surface area contributed by atoms with Gasteiger partial charge >= 0.3 is 0 Å². The Morgan fingerprint density at radius 3 is 2.68 bits per heavy atom. The molecule has 0 spiro atoms. The lowest BCUT2D eigenvalue weighted by Crippen LogP contribution is -2.05. The van der Waals surface area contributed by atoms with Crippen LogP contribution in [0.1, 0.15) is 17.0 Å². The van der Waals surface area contributed by atoms with Crippen molar-refractivity contribution in [2.45, 2.75) is 24.5 Å². The summed E-state index contributed by atoms with van der Waals surface area (Å²) < 4.78 is 14.1. The Kier molecular flexibility index (Phi) is 3.96. The van der Waals surface area contributed by atoms with Gasteiger partial charge in [0.05, 0.1) is 33.0 Å². The third kappa shape index (κ3) is 2.67. The average Bonchev–Trinajstić information content (AvgIpc) is 2.59. The fraction of sp³-hybridized carbons (Fsp3) is 0.308. The summed E-state index contributed by atoms with van der Waals surface area (Å²) in [6.45, 7) is 3.71. The number of nitrogen functional groups attached to an aromatic ring is 1. The average molecular weight is 298 g/mol. The molecule has 2 aromatic rings. The maximum Gasteiger partial charge on any atom is 0.0856 e. The first-order valence-corrected chi connectivity index (χ1v) is 7.53. The maximum atomic E-state index is 12.5. The minimum Gasteiger partial charge on any atom is -0.398 e. The van der Waals surface area contributed by atoms with Crippen LogP contribution in [0.5, 0.6) is 0 Å². The molecule has 2 rings (SSSR count). The van der Waals surface area contributed by atoms with Gasteiger partial charge in [0.25, 0.3) is 0 Å². The van der Waals surface area contributed by atoms with E-state index in [-0.39, 0.29) is 0 Å². The van der Waals surface area contributed by atoms with Crippen molar-refractivity contribution in [1.29, 1.82) is 0 Å². The van der Waals surface area contributed by atoms with Gasteiger partial charge in [-0.05, 0) is 31.5 Å². The fourth-order valence-electron chi connectivity index (χ4n) is 1.92. The van der Waals surface area contributed by atoms with Crippen LogP contribution in [-0.4, -0.2) is 14.0 Å². The molecular formula is C13H16ClN3OS. The molecule has 1 atom stereocenters. The summed E-state index contributed by atoms with van der Waals surface area (Å²) >= 11 is 6.17. The highest BCUT2D eigenvalue weighted by atomic mass is 35.5. The number of nitrogens with two attached hydrogens (primary N) is 1. The van der Waals surface area contributed by atoms with Gasteiger partial charge in [-0.25, -0.2) is 0 Å². The first-order valence-electron chi connectivity index (χ1n) is 5.83. The second kappa shape index (κ2) is 5.35. The molecule has 2 N–H and O–H groups in total. The summed E-state index contributed by atoms with van der Waals surface area (Å²) in [7, 11) is 0.614. The number of anilines is 1. The normalized spacial score (nSPS) is 12.6. The minimum absolute atomic E-state index is 0.334. The van der Waals surface area contributed by atoms with Crippen LogP contribution in [0.3, 0.4) is 0 Å². The molecule has 0 fully saturated rings. The zero-order valence-corrected chi connectivity index (χ0v) is 12.7. The van der Waals surface area contributed by atoms with Gasteiger partial charge in [0.15, 0.2) is 0 Å². The number of halogens is 1. The highest BCUT2D eigenvalue weighted by molar-refractivity contribution is 7.84. The number of hydrogen-bond acceptors (Lipinski definition) is 3. The van der Waals surface area contributed by atoms with Gasteiger partial charge in [-0.2, -0.15) is 5.10 Å². The Balaban J connectivity index is 2.34. The molecule has 0 aliphatic carbocycles. The van der Waals surface area contributed by atoms with E-state index in [4.69, 9.17) is 17.3 Å². The summed E-state index contributed by atoms with van der Waals surface area (Å²) in [6.07, 6.45) is 0. The van der Waals surface area contributed by atoms with Gasteiger partial charge in [0.1, 0.15) is 0 Å². The molecule has 0 saturated carbocycles. The van der Waals surface area contributed by atoms with Gasteiger partial charge < -0.3 is 5.73 Å². The predicted molar refractivity (Wildman–Crippen MR) is 78.7 cm³/mol. The zero-order valence-electron chi connectivity index (χ0n) is 11.1. The molecule has 0 aliphatic heterocycles. The molecule has 0 amide bonds. The summed E-state index contributed by atoms with van der Waals surface area (Å²) in [5.41, 5.74) is 8.87. The van der Waals surface area contributed by atoms with E-state index in [0.29, 0.717) is 16.5 Å². The van der Waals surface area contributed by atoms with E-state index in [1.807, 2.05) is 26.0 Å². The number of nitrogens with zero attached hydrogens (tertiary/aromatic N) is 2. The number of hydrogen-bond donors (Lipinski definition) is 1. The van der Waals surface area contributed by atoms with E-state index in [9.17, 15) is 4.21 Å². The number of benzene rings is 1. The van der Waals surface area contributed by atoms with Crippen molar-refractivity contribution in [3.8, 4) is 0 Å². The highest BCUT2D eigenvalue weighted by Gasteiger charge is 2.16. The molecule has 19 heavy (non-hydrogen) atoms. The zero-order chi connectivity index (χ0) is 14.2. The van der Waals surface area contributed by atoms with Gasteiger partial charge in [-0.1, -0.05) is 17.7 Å². The second-order valence-corrected chi connectivity index (χ2v) is 6.23. The molecule has 0 aliphatic rings. The summed E-state index contributed by atoms with van der Waals surface area (Å²) in [4.78, 5) is 0.745. The Morgan fingerprint density at radius 1 is 1.42 bits per heavy atom. The van der Waals surface area contributed by atoms with E-state index in [1.54, 1.807) is 17.8 Å². The van der Waals surface area contributed by atoms with Crippen molar-refractivity contribution in [3.05, 3.63) is 40.2 Å². The van der Waals surface area contributed by atoms with Gasteiger partial charge in [0.2, 0.25) is 0 Å². The standard InChI is InChI=1S/C13H16ClN3OS/c1-8-10(15)5-4-6-12(8)19(18)7-11-13(14)9(2)16-17(11)3/h4-6H,7,15H2,1-3H3. The van der Waals surface area contributed by atoms with Crippen LogP contribution < -0.4 is 5.73 Å². The van der Waals surface area contributed by atoms with Crippen molar-refractivity contribution in [1.82, 2.24) is 9.78 Å². The van der Waals surface area contributed by atoms with E-state index in [0.717, 1.165) is 21.8 Å². The predicted octanol–water partition coefficient (Wildman–Crippen LogP) is 2.58. The van der Waals surface area contributed by atoms with Crippen LogP contribution in [0.15, 0.2) is 23.1 Å². The number of aryl methyl sites for hydroxylation is 2. The van der Waals surface area contributed by atoms with Crippen LogP contribution >= 0.6 is 11.6 Å². The van der Waals surface area contributed by atoms with Crippen LogP contribution in [0.4, 0.5) is 5.69 Å². The maximum absolute atomic E-state index is 12.5. The van der Waals surface area contributed by atoms with Crippen molar-refractivity contribution in [2.24, 2.45) is 7.05 Å². The Morgan fingerprint density at radius 2 is 2.11 bits per heavy atom. The lowest BCUT2D eigenvalue weighted by atomic mass is 10.2. The Bertz CT molecular complexity index is 652. The topological polar surface area (TPSA) is 60.9 Å². The quantitative estimate of drug-likeness (QED) is 0.886. The third-order valence-corrected chi connectivity index (χ3v) is 5.06. The molecule has 0 radical (unpaired) electrons. The van der Waals surface area contributed by atoms with E-state index in [2.05, 4.69) is 5.10 Å². The highest BCUT2D eigenvalue weighted by Crippen LogP contribution is 2.25. The van der Waals surface area contributed by atoms with Crippen molar-refractivity contribution in [2.75, 3.05) is 5.73 Å². The molecule has 1 heterocycles. The van der Waals surface area contributed by atoms with Crippen molar-refractivity contribution >= 4 is 28.1 Å². The molecule has 1 aromatic heterocycles. The van der Waals surface area contributed by atoms with E-state index in [1.165, 1.54) is 0 Å². The molecule has 1 unspecified atom stereocenters.